The zero-order chi connectivity index (χ0) is 9.84. The van der Waals surface area contributed by atoms with Gasteiger partial charge in [0.1, 0.15) is 5.75 Å². The molecule has 0 fully saturated rings. The van der Waals surface area contributed by atoms with Crippen molar-refractivity contribution in [1.29, 1.82) is 0 Å². The van der Waals surface area contributed by atoms with Crippen molar-refractivity contribution in [3.8, 4) is 5.75 Å². The highest BCUT2D eigenvalue weighted by Crippen LogP contribution is 2.22. The van der Waals surface area contributed by atoms with Crippen LogP contribution in [-0.4, -0.2) is 21.7 Å². The second-order valence-corrected chi connectivity index (χ2v) is 2.54. The summed E-state index contributed by atoms with van der Waals surface area (Å²) in [6.07, 6.45) is 0.216. The Labute approximate surface area is 74.4 Å². The quantitative estimate of drug-likeness (QED) is 0.537. The first-order valence-corrected chi connectivity index (χ1v) is 3.72. The van der Waals surface area contributed by atoms with Crippen LogP contribution in [0, 0.1) is 10.1 Å². The van der Waals surface area contributed by atoms with E-state index in [1.807, 2.05) is 0 Å². The van der Waals surface area contributed by atoms with Crippen LogP contribution >= 0.6 is 0 Å². The van der Waals surface area contributed by atoms with E-state index in [1.54, 1.807) is 0 Å². The molecule has 0 bridgehead atoms. The number of aliphatic hydroxyl groups excluding tert-OH is 1. The topological polar surface area (TPSA) is 83.6 Å². The van der Waals surface area contributed by atoms with Gasteiger partial charge >= 0.3 is 0 Å². The Bertz CT molecular complexity index is 324. The van der Waals surface area contributed by atoms with Crippen molar-refractivity contribution >= 4 is 5.69 Å². The van der Waals surface area contributed by atoms with Crippen LogP contribution in [-0.2, 0) is 6.42 Å². The molecule has 0 unspecified atom stereocenters. The van der Waals surface area contributed by atoms with Crippen molar-refractivity contribution in [2.45, 2.75) is 6.42 Å². The van der Waals surface area contributed by atoms with Crippen molar-refractivity contribution in [2.24, 2.45) is 0 Å². The van der Waals surface area contributed by atoms with Gasteiger partial charge in [-0.1, -0.05) is 0 Å². The third kappa shape index (κ3) is 2.16. The van der Waals surface area contributed by atoms with Gasteiger partial charge in [0.15, 0.2) is 0 Å². The predicted molar refractivity (Wildman–Crippen MR) is 45.6 cm³/mol. The van der Waals surface area contributed by atoms with Gasteiger partial charge in [-0.2, -0.15) is 0 Å². The number of nitro groups is 1. The number of non-ortho nitro benzene ring substituents is 1. The molecule has 0 saturated carbocycles. The van der Waals surface area contributed by atoms with Crippen molar-refractivity contribution in [3.63, 3.8) is 0 Å². The van der Waals surface area contributed by atoms with Crippen LogP contribution in [0.4, 0.5) is 5.69 Å². The maximum Gasteiger partial charge on any atom is 0.269 e. The molecule has 13 heavy (non-hydrogen) atoms. The molecule has 1 aromatic carbocycles. The Hall–Kier alpha value is -1.62. The van der Waals surface area contributed by atoms with Crippen LogP contribution in [0.15, 0.2) is 18.2 Å². The second kappa shape index (κ2) is 3.86. The zero-order valence-corrected chi connectivity index (χ0v) is 6.80. The van der Waals surface area contributed by atoms with Gasteiger partial charge in [-0.15, -0.1) is 0 Å². The van der Waals surface area contributed by atoms with Crippen molar-refractivity contribution in [3.05, 3.63) is 33.9 Å². The number of hydrogen-bond donors (Lipinski definition) is 2. The summed E-state index contributed by atoms with van der Waals surface area (Å²) < 4.78 is 0. The van der Waals surface area contributed by atoms with Crippen LogP contribution in [0.3, 0.4) is 0 Å². The van der Waals surface area contributed by atoms with Gasteiger partial charge in [-0.25, -0.2) is 0 Å². The number of aromatic hydroxyl groups is 1. The van der Waals surface area contributed by atoms with Gasteiger partial charge in [-0.05, 0) is 12.5 Å². The molecule has 0 aliphatic heterocycles. The van der Waals surface area contributed by atoms with E-state index >= 15 is 0 Å². The van der Waals surface area contributed by atoms with Crippen molar-refractivity contribution in [2.75, 3.05) is 6.61 Å². The van der Waals surface area contributed by atoms with E-state index in [0.717, 1.165) is 0 Å². The molecule has 0 aliphatic rings. The SMILES string of the molecule is O=[N+]([O-])c1ccc(O)c(CCO)c1. The number of nitrogens with zero attached hydrogens (tertiary/aromatic N) is 1. The zero-order valence-electron chi connectivity index (χ0n) is 6.80. The van der Waals surface area contributed by atoms with E-state index in [1.165, 1.54) is 18.2 Å². The average Bonchev–Trinajstić information content (AvgIpc) is 2.08. The van der Waals surface area contributed by atoms with E-state index in [9.17, 15) is 15.2 Å². The summed E-state index contributed by atoms with van der Waals surface area (Å²) in [4.78, 5) is 9.79. The number of phenols is 1. The maximum absolute atomic E-state index is 10.3. The summed E-state index contributed by atoms with van der Waals surface area (Å²) in [6.45, 7) is -0.144. The Morgan fingerprint density at radius 1 is 1.46 bits per heavy atom. The molecule has 5 nitrogen and oxygen atoms in total. The van der Waals surface area contributed by atoms with Crippen LogP contribution in [0.1, 0.15) is 5.56 Å². The smallest absolute Gasteiger partial charge is 0.269 e. The van der Waals surface area contributed by atoms with E-state index in [-0.39, 0.29) is 24.5 Å². The maximum atomic E-state index is 10.3. The Morgan fingerprint density at radius 3 is 2.69 bits per heavy atom. The molecule has 0 heterocycles. The molecule has 0 aromatic heterocycles. The van der Waals surface area contributed by atoms with E-state index in [4.69, 9.17) is 5.11 Å². The number of benzene rings is 1. The first kappa shape index (κ1) is 9.47. The van der Waals surface area contributed by atoms with Crippen molar-refractivity contribution < 1.29 is 15.1 Å². The van der Waals surface area contributed by atoms with E-state index < -0.39 is 4.92 Å². The van der Waals surface area contributed by atoms with Crippen LogP contribution in [0.25, 0.3) is 0 Å². The van der Waals surface area contributed by atoms with E-state index in [0.29, 0.717) is 5.56 Å². The molecule has 0 atom stereocenters. The molecular formula is C8H9NO4. The standard InChI is InChI=1S/C8H9NO4/c10-4-3-6-5-7(9(12)13)1-2-8(6)11/h1-2,5,10-11H,3-4H2. The van der Waals surface area contributed by atoms with Gasteiger partial charge in [0.25, 0.3) is 5.69 Å². The lowest BCUT2D eigenvalue weighted by molar-refractivity contribution is -0.384. The first-order chi connectivity index (χ1) is 6.15. The summed E-state index contributed by atoms with van der Waals surface area (Å²) in [6, 6.07) is 3.73. The van der Waals surface area contributed by atoms with Gasteiger partial charge in [-0.3, -0.25) is 10.1 Å². The lowest BCUT2D eigenvalue weighted by Crippen LogP contribution is -1.94. The molecule has 70 valence electrons. The average molecular weight is 183 g/mol. The fourth-order valence-electron chi connectivity index (χ4n) is 1.01. The summed E-state index contributed by atoms with van der Waals surface area (Å²) in [5.74, 6) is -0.0281. The number of nitro benzene ring substituents is 1. The third-order valence-corrected chi connectivity index (χ3v) is 1.66. The first-order valence-electron chi connectivity index (χ1n) is 3.72. The normalized spacial score (nSPS) is 9.92. The molecule has 0 radical (unpaired) electrons. The van der Waals surface area contributed by atoms with Gasteiger partial charge < -0.3 is 10.2 Å². The largest absolute Gasteiger partial charge is 0.508 e. The highest BCUT2D eigenvalue weighted by atomic mass is 16.6. The lowest BCUT2D eigenvalue weighted by atomic mass is 10.1. The lowest BCUT2D eigenvalue weighted by Gasteiger charge is -2.01. The van der Waals surface area contributed by atoms with Crippen LogP contribution in [0.5, 0.6) is 5.75 Å². The highest BCUT2D eigenvalue weighted by Gasteiger charge is 2.09. The minimum Gasteiger partial charge on any atom is -0.508 e. The Kier molecular flexibility index (Phi) is 2.81. The Balaban J connectivity index is 3.03. The van der Waals surface area contributed by atoms with E-state index in [2.05, 4.69) is 0 Å². The number of phenolic OH excluding ortho intramolecular Hbond substituents is 1. The molecular weight excluding hydrogens is 174 g/mol. The molecule has 0 saturated heterocycles. The summed E-state index contributed by atoms with van der Waals surface area (Å²) in [5, 5.41) is 28.1. The van der Waals surface area contributed by atoms with Gasteiger partial charge in [0, 0.05) is 24.3 Å². The molecule has 0 amide bonds. The number of rotatable bonds is 3. The predicted octanol–water partition coefficient (Wildman–Crippen LogP) is 0.835. The summed E-state index contributed by atoms with van der Waals surface area (Å²) in [7, 11) is 0. The molecule has 1 rings (SSSR count). The van der Waals surface area contributed by atoms with Gasteiger partial charge in [0.2, 0.25) is 0 Å². The van der Waals surface area contributed by atoms with Crippen LogP contribution < -0.4 is 0 Å². The monoisotopic (exact) mass is 183 g/mol. The number of hydrogen-bond acceptors (Lipinski definition) is 4. The number of aliphatic hydroxyl groups is 1. The van der Waals surface area contributed by atoms with Crippen molar-refractivity contribution in [1.82, 2.24) is 0 Å². The minimum absolute atomic E-state index is 0.0281. The molecule has 2 N–H and O–H groups in total. The second-order valence-electron chi connectivity index (χ2n) is 2.54. The Morgan fingerprint density at radius 2 is 2.15 bits per heavy atom. The summed E-state index contributed by atoms with van der Waals surface area (Å²) in [5.41, 5.74) is 0.304. The third-order valence-electron chi connectivity index (χ3n) is 1.66. The molecule has 0 aliphatic carbocycles. The highest BCUT2D eigenvalue weighted by molar-refractivity contribution is 5.43. The molecule has 0 spiro atoms. The summed E-state index contributed by atoms with van der Waals surface area (Å²) >= 11 is 0. The fraction of sp³-hybridized carbons (Fsp3) is 0.250. The molecule has 5 heteroatoms. The van der Waals surface area contributed by atoms with Crippen LogP contribution in [0.2, 0.25) is 0 Å². The van der Waals surface area contributed by atoms with Gasteiger partial charge in [0.05, 0.1) is 4.92 Å². The minimum atomic E-state index is -0.541. The fourth-order valence-corrected chi connectivity index (χ4v) is 1.01. The molecule has 1 aromatic rings.